The van der Waals surface area contributed by atoms with Gasteiger partial charge >= 0.3 is 0 Å². The molecule has 2 rings (SSSR count). The summed E-state index contributed by atoms with van der Waals surface area (Å²) in [6.45, 7) is 1.66. The molecule has 0 saturated carbocycles. The van der Waals surface area contributed by atoms with Crippen molar-refractivity contribution < 1.29 is 4.79 Å². The first-order chi connectivity index (χ1) is 10.3. The highest BCUT2D eigenvalue weighted by atomic mass is 16.1. The minimum Gasteiger partial charge on any atom is -0.370 e. The van der Waals surface area contributed by atoms with Crippen LogP contribution < -0.4 is 11.1 Å². The third kappa shape index (κ3) is 5.04. The number of hydrogen-bond acceptors (Lipinski definition) is 2. The lowest BCUT2D eigenvalue weighted by atomic mass is 9.91. The zero-order chi connectivity index (χ0) is 14.9. The second-order valence-corrected chi connectivity index (χ2v) is 5.15. The Bertz CT molecular complexity index is 500. The highest BCUT2D eigenvalue weighted by Gasteiger charge is 2.12. The zero-order valence-electron chi connectivity index (χ0n) is 12.2. The molecule has 1 amide bonds. The predicted molar refractivity (Wildman–Crippen MR) is 86.0 cm³/mol. The van der Waals surface area contributed by atoms with Gasteiger partial charge in [-0.05, 0) is 24.1 Å². The molecule has 3 N–H and O–H groups in total. The first-order valence-electron chi connectivity index (χ1n) is 7.36. The van der Waals surface area contributed by atoms with Gasteiger partial charge in [0.2, 0.25) is 5.91 Å². The average Bonchev–Trinajstić information content (AvgIpc) is 2.52. The second-order valence-electron chi connectivity index (χ2n) is 5.15. The lowest BCUT2D eigenvalue weighted by Gasteiger charge is -2.18. The Morgan fingerprint density at radius 2 is 1.48 bits per heavy atom. The van der Waals surface area contributed by atoms with Crippen LogP contribution in [0.5, 0.6) is 0 Å². The summed E-state index contributed by atoms with van der Waals surface area (Å²) in [7, 11) is 0. The van der Waals surface area contributed by atoms with Gasteiger partial charge in [0.1, 0.15) is 0 Å². The molecule has 0 aromatic heterocycles. The Kier molecular flexibility index (Phi) is 5.98. The molecule has 0 saturated heterocycles. The first kappa shape index (κ1) is 15.3. The first-order valence-corrected chi connectivity index (χ1v) is 7.36. The number of hydrogen-bond donors (Lipinski definition) is 2. The standard InChI is InChI=1S/C18H22N2O/c19-18(21)12-7-13-20-14-17(15-8-3-1-4-9-15)16-10-5-2-6-11-16/h1-6,8-11,17,20H,7,12-14H2,(H2,19,21). The van der Waals surface area contributed by atoms with E-state index in [2.05, 4.69) is 53.8 Å². The van der Waals surface area contributed by atoms with Gasteiger partial charge in [-0.3, -0.25) is 4.79 Å². The van der Waals surface area contributed by atoms with Crippen LogP contribution in [0.3, 0.4) is 0 Å². The van der Waals surface area contributed by atoms with Crippen LogP contribution in [0.1, 0.15) is 29.9 Å². The van der Waals surface area contributed by atoms with E-state index in [0.29, 0.717) is 12.3 Å². The molecule has 0 aliphatic carbocycles. The summed E-state index contributed by atoms with van der Waals surface area (Å²) in [5.41, 5.74) is 7.74. The number of rotatable bonds is 8. The molecule has 21 heavy (non-hydrogen) atoms. The number of amides is 1. The molecular weight excluding hydrogens is 260 g/mol. The summed E-state index contributed by atoms with van der Waals surface area (Å²) in [5.74, 6) is 0.0837. The van der Waals surface area contributed by atoms with Crippen molar-refractivity contribution in [2.24, 2.45) is 5.73 Å². The van der Waals surface area contributed by atoms with Crippen LogP contribution in [0.15, 0.2) is 60.7 Å². The van der Waals surface area contributed by atoms with Crippen LogP contribution in [-0.4, -0.2) is 19.0 Å². The maximum absolute atomic E-state index is 10.7. The van der Waals surface area contributed by atoms with Crippen molar-refractivity contribution in [2.45, 2.75) is 18.8 Å². The smallest absolute Gasteiger partial charge is 0.217 e. The van der Waals surface area contributed by atoms with Gasteiger partial charge in [0.25, 0.3) is 0 Å². The minimum atomic E-state index is -0.237. The van der Waals surface area contributed by atoms with Crippen LogP contribution in [-0.2, 0) is 4.79 Å². The highest BCUT2D eigenvalue weighted by molar-refractivity contribution is 5.73. The molecule has 0 atom stereocenters. The zero-order valence-corrected chi connectivity index (χ0v) is 12.2. The third-order valence-corrected chi connectivity index (χ3v) is 3.53. The predicted octanol–water partition coefficient (Wildman–Crippen LogP) is 2.67. The second kappa shape index (κ2) is 8.22. The Morgan fingerprint density at radius 3 is 1.95 bits per heavy atom. The summed E-state index contributed by atoms with van der Waals surface area (Å²) < 4.78 is 0. The summed E-state index contributed by atoms with van der Waals surface area (Å²) in [4.78, 5) is 10.7. The molecule has 0 aliphatic rings. The van der Waals surface area contributed by atoms with Gasteiger partial charge in [-0.2, -0.15) is 0 Å². The van der Waals surface area contributed by atoms with Crippen molar-refractivity contribution >= 4 is 5.91 Å². The summed E-state index contributed by atoms with van der Waals surface area (Å²) in [6.07, 6.45) is 1.22. The summed E-state index contributed by atoms with van der Waals surface area (Å²) in [5, 5.41) is 3.43. The largest absolute Gasteiger partial charge is 0.370 e. The number of carbonyl (C=O) groups excluding carboxylic acids is 1. The number of nitrogens with two attached hydrogens (primary N) is 1. The number of carbonyl (C=O) groups is 1. The van der Waals surface area contributed by atoms with E-state index in [9.17, 15) is 4.79 Å². The van der Waals surface area contributed by atoms with Crippen LogP contribution in [0.25, 0.3) is 0 Å². The molecule has 0 fully saturated rings. The summed E-state index contributed by atoms with van der Waals surface area (Å²) >= 11 is 0. The quantitative estimate of drug-likeness (QED) is 0.731. The SMILES string of the molecule is NC(=O)CCCNCC(c1ccccc1)c1ccccc1. The maximum Gasteiger partial charge on any atom is 0.217 e. The normalized spacial score (nSPS) is 10.7. The molecule has 0 spiro atoms. The van der Waals surface area contributed by atoms with Crippen molar-refractivity contribution in [3.63, 3.8) is 0 Å². The monoisotopic (exact) mass is 282 g/mol. The van der Waals surface area contributed by atoms with E-state index in [1.54, 1.807) is 0 Å². The fourth-order valence-electron chi connectivity index (χ4n) is 2.43. The van der Waals surface area contributed by atoms with E-state index in [4.69, 9.17) is 5.73 Å². The van der Waals surface area contributed by atoms with Crippen molar-refractivity contribution in [1.29, 1.82) is 0 Å². The van der Waals surface area contributed by atoms with Crippen molar-refractivity contribution in [1.82, 2.24) is 5.32 Å². The lowest BCUT2D eigenvalue weighted by molar-refractivity contribution is -0.118. The molecule has 2 aromatic carbocycles. The fourth-order valence-corrected chi connectivity index (χ4v) is 2.43. The minimum absolute atomic E-state index is 0.237. The van der Waals surface area contributed by atoms with Crippen LogP contribution in [0, 0.1) is 0 Å². The van der Waals surface area contributed by atoms with E-state index in [0.717, 1.165) is 19.5 Å². The van der Waals surface area contributed by atoms with Crippen LogP contribution >= 0.6 is 0 Å². The van der Waals surface area contributed by atoms with Crippen molar-refractivity contribution in [3.05, 3.63) is 71.8 Å². The van der Waals surface area contributed by atoms with E-state index in [1.807, 2.05) is 12.1 Å². The number of benzene rings is 2. The molecule has 2 aromatic rings. The Morgan fingerprint density at radius 1 is 0.952 bits per heavy atom. The van der Waals surface area contributed by atoms with Gasteiger partial charge in [0.05, 0.1) is 0 Å². The molecule has 0 radical (unpaired) electrons. The van der Waals surface area contributed by atoms with Crippen LogP contribution in [0.2, 0.25) is 0 Å². The Balaban J connectivity index is 1.99. The van der Waals surface area contributed by atoms with Gasteiger partial charge in [-0.1, -0.05) is 60.7 Å². The van der Waals surface area contributed by atoms with Crippen molar-refractivity contribution in [2.75, 3.05) is 13.1 Å². The Hall–Kier alpha value is -2.13. The van der Waals surface area contributed by atoms with Gasteiger partial charge in [-0.25, -0.2) is 0 Å². The van der Waals surface area contributed by atoms with E-state index in [1.165, 1.54) is 11.1 Å². The van der Waals surface area contributed by atoms with Gasteiger partial charge < -0.3 is 11.1 Å². The topological polar surface area (TPSA) is 55.1 Å². The lowest BCUT2D eigenvalue weighted by Crippen LogP contribution is -2.24. The number of nitrogens with one attached hydrogen (secondary N) is 1. The third-order valence-electron chi connectivity index (χ3n) is 3.53. The summed E-state index contributed by atoms with van der Waals surface area (Å²) in [6, 6.07) is 21.0. The number of primary amides is 1. The fraction of sp³-hybridized carbons (Fsp3) is 0.278. The highest BCUT2D eigenvalue weighted by Crippen LogP contribution is 2.23. The van der Waals surface area contributed by atoms with Crippen LogP contribution in [0.4, 0.5) is 0 Å². The molecule has 3 heteroatoms. The van der Waals surface area contributed by atoms with E-state index >= 15 is 0 Å². The van der Waals surface area contributed by atoms with Crippen molar-refractivity contribution in [3.8, 4) is 0 Å². The molecule has 0 aliphatic heterocycles. The van der Waals surface area contributed by atoms with Gasteiger partial charge in [-0.15, -0.1) is 0 Å². The Labute approximate surface area is 126 Å². The van der Waals surface area contributed by atoms with Gasteiger partial charge in [0.15, 0.2) is 0 Å². The molecule has 110 valence electrons. The molecular formula is C18H22N2O. The molecule has 0 heterocycles. The molecule has 3 nitrogen and oxygen atoms in total. The molecule has 0 unspecified atom stereocenters. The average molecular weight is 282 g/mol. The maximum atomic E-state index is 10.7. The van der Waals surface area contributed by atoms with Gasteiger partial charge in [0, 0.05) is 18.9 Å². The molecule has 0 bridgehead atoms. The van der Waals surface area contributed by atoms with E-state index < -0.39 is 0 Å². The van der Waals surface area contributed by atoms with E-state index in [-0.39, 0.29) is 5.91 Å².